The minimum atomic E-state index is -0.531. The van der Waals surface area contributed by atoms with Gasteiger partial charge in [-0.15, -0.1) is 0 Å². The van der Waals surface area contributed by atoms with Gasteiger partial charge in [0, 0.05) is 55.4 Å². The molecule has 0 radical (unpaired) electrons. The van der Waals surface area contributed by atoms with Crippen molar-refractivity contribution in [1.82, 2.24) is 20.0 Å². The zero-order chi connectivity index (χ0) is 22.0. The number of fused-ring (bicyclic) bond motifs is 1. The predicted octanol–water partition coefficient (Wildman–Crippen LogP) is 2.58. The number of rotatable bonds is 3. The lowest BCUT2D eigenvalue weighted by Gasteiger charge is -2.56. The molecule has 3 fully saturated rings. The Hall–Kier alpha value is -1.83. The molecule has 3 aliphatic rings. The molecule has 2 heterocycles. The molecule has 0 spiro atoms. The first-order valence-corrected chi connectivity index (χ1v) is 11.8. The number of carbonyl (C=O) groups is 2. The van der Waals surface area contributed by atoms with Gasteiger partial charge in [-0.3, -0.25) is 9.69 Å². The van der Waals surface area contributed by atoms with Gasteiger partial charge < -0.3 is 20.2 Å². The van der Waals surface area contributed by atoms with Crippen LogP contribution >= 0.6 is 11.6 Å². The molecule has 0 bridgehead atoms. The number of urea groups is 1. The van der Waals surface area contributed by atoms with E-state index in [1.54, 1.807) is 24.3 Å². The van der Waals surface area contributed by atoms with Crippen molar-refractivity contribution >= 4 is 23.5 Å². The number of halogens is 1. The van der Waals surface area contributed by atoms with Crippen LogP contribution in [0.15, 0.2) is 24.3 Å². The highest BCUT2D eigenvalue weighted by molar-refractivity contribution is 6.30. The largest absolute Gasteiger partial charge is 0.394 e. The second kappa shape index (κ2) is 9.35. The molecule has 0 aromatic heterocycles. The van der Waals surface area contributed by atoms with Gasteiger partial charge in [-0.05, 0) is 44.0 Å². The summed E-state index contributed by atoms with van der Waals surface area (Å²) in [5, 5.41) is 14.0. The highest BCUT2D eigenvalue weighted by atomic mass is 35.5. The van der Waals surface area contributed by atoms with Crippen molar-refractivity contribution in [1.29, 1.82) is 0 Å². The number of aliphatic hydroxyl groups excluding tert-OH is 1. The van der Waals surface area contributed by atoms with Gasteiger partial charge in [-0.25, -0.2) is 4.79 Å². The topological polar surface area (TPSA) is 76.1 Å². The van der Waals surface area contributed by atoms with E-state index >= 15 is 0 Å². The maximum atomic E-state index is 13.2. The molecule has 2 atom stereocenters. The van der Waals surface area contributed by atoms with E-state index in [-0.39, 0.29) is 30.6 Å². The van der Waals surface area contributed by atoms with E-state index in [1.807, 2.05) is 16.7 Å². The van der Waals surface area contributed by atoms with Crippen molar-refractivity contribution < 1.29 is 14.7 Å². The van der Waals surface area contributed by atoms with Crippen LogP contribution in [0.2, 0.25) is 5.02 Å². The Kier molecular flexibility index (Phi) is 6.74. The first-order chi connectivity index (χ1) is 14.9. The molecule has 8 heteroatoms. The van der Waals surface area contributed by atoms with Crippen molar-refractivity contribution in [2.24, 2.45) is 0 Å². The Bertz CT molecular complexity index is 799. The normalized spacial score (nSPS) is 27.6. The lowest BCUT2D eigenvalue weighted by Crippen LogP contribution is -2.73. The Morgan fingerprint density at radius 2 is 1.77 bits per heavy atom. The van der Waals surface area contributed by atoms with Crippen LogP contribution in [-0.4, -0.2) is 88.7 Å². The second-order valence-electron chi connectivity index (χ2n) is 9.43. The molecule has 2 saturated heterocycles. The molecule has 3 amide bonds. The summed E-state index contributed by atoms with van der Waals surface area (Å²) in [7, 11) is 0. The van der Waals surface area contributed by atoms with Gasteiger partial charge in [0.15, 0.2) is 0 Å². The highest BCUT2D eigenvalue weighted by Gasteiger charge is 2.47. The van der Waals surface area contributed by atoms with Crippen molar-refractivity contribution in [3.05, 3.63) is 34.9 Å². The standard InChI is InChI=1S/C23H33ClN4O3/c1-23(16-29)15-27(21(30)17-7-9-18(24)10-8-17)14-20-13-26(11-12-28(20)23)22(31)25-19-5-3-2-4-6-19/h7-10,19-20,29H,2-6,11-16H2,1H3,(H,25,31). The van der Waals surface area contributed by atoms with Gasteiger partial charge in [0.05, 0.1) is 12.1 Å². The quantitative estimate of drug-likeness (QED) is 0.745. The van der Waals surface area contributed by atoms with Gasteiger partial charge in [-0.2, -0.15) is 0 Å². The molecule has 31 heavy (non-hydrogen) atoms. The molecule has 1 aromatic rings. The summed E-state index contributed by atoms with van der Waals surface area (Å²) in [6.07, 6.45) is 5.72. The van der Waals surface area contributed by atoms with Crippen LogP contribution < -0.4 is 5.32 Å². The molecule has 2 N–H and O–H groups in total. The van der Waals surface area contributed by atoms with Crippen LogP contribution in [0, 0.1) is 0 Å². The monoisotopic (exact) mass is 448 g/mol. The number of nitrogens with one attached hydrogen (secondary N) is 1. The summed E-state index contributed by atoms with van der Waals surface area (Å²) in [5.41, 5.74) is 0.0533. The number of benzene rings is 1. The summed E-state index contributed by atoms with van der Waals surface area (Å²) in [6.45, 7) is 4.83. The molecule has 7 nitrogen and oxygen atoms in total. The smallest absolute Gasteiger partial charge is 0.317 e. The summed E-state index contributed by atoms with van der Waals surface area (Å²) in [4.78, 5) is 32.0. The number of piperazine rings is 2. The van der Waals surface area contributed by atoms with Crippen LogP contribution in [-0.2, 0) is 0 Å². The molecule has 170 valence electrons. The SMILES string of the molecule is CC1(CO)CN(C(=O)c2ccc(Cl)cc2)CC2CN(C(=O)NC3CCCCC3)CCN21. The van der Waals surface area contributed by atoms with Gasteiger partial charge >= 0.3 is 6.03 Å². The van der Waals surface area contributed by atoms with E-state index in [1.165, 1.54) is 19.3 Å². The molecular weight excluding hydrogens is 416 g/mol. The summed E-state index contributed by atoms with van der Waals surface area (Å²) < 4.78 is 0. The van der Waals surface area contributed by atoms with Crippen LogP contribution in [0.4, 0.5) is 4.79 Å². The Morgan fingerprint density at radius 1 is 1.10 bits per heavy atom. The lowest BCUT2D eigenvalue weighted by atomic mass is 9.91. The first kappa shape index (κ1) is 22.4. The van der Waals surface area contributed by atoms with Gasteiger partial charge in [0.1, 0.15) is 0 Å². The summed E-state index contributed by atoms with van der Waals surface area (Å²) in [5.74, 6) is -0.0697. The molecule has 1 saturated carbocycles. The maximum Gasteiger partial charge on any atom is 0.317 e. The molecule has 2 aliphatic heterocycles. The fraction of sp³-hybridized carbons (Fsp3) is 0.652. The number of carbonyl (C=O) groups excluding carboxylic acids is 2. The molecule has 1 aromatic carbocycles. The first-order valence-electron chi connectivity index (χ1n) is 11.4. The van der Waals surface area contributed by atoms with Crippen molar-refractivity contribution in [2.75, 3.05) is 39.3 Å². The molecule has 1 aliphatic carbocycles. The summed E-state index contributed by atoms with van der Waals surface area (Å²) >= 11 is 5.97. The van der Waals surface area contributed by atoms with E-state index in [4.69, 9.17) is 11.6 Å². The predicted molar refractivity (Wildman–Crippen MR) is 120 cm³/mol. The molecular formula is C23H33ClN4O3. The molecule has 4 rings (SSSR count). The van der Waals surface area contributed by atoms with Crippen LogP contribution in [0.1, 0.15) is 49.4 Å². The van der Waals surface area contributed by atoms with Crippen molar-refractivity contribution in [2.45, 2.75) is 56.7 Å². The van der Waals surface area contributed by atoms with Crippen LogP contribution in [0.25, 0.3) is 0 Å². The number of hydrogen-bond acceptors (Lipinski definition) is 4. The minimum absolute atomic E-state index is 0.00148. The number of amides is 3. The number of aliphatic hydroxyl groups is 1. The van der Waals surface area contributed by atoms with E-state index < -0.39 is 5.54 Å². The molecule has 2 unspecified atom stereocenters. The Balaban J connectivity index is 1.45. The third kappa shape index (κ3) is 4.83. The number of nitrogens with zero attached hydrogens (tertiary/aromatic N) is 3. The minimum Gasteiger partial charge on any atom is -0.394 e. The van der Waals surface area contributed by atoms with Crippen molar-refractivity contribution in [3.8, 4) is 0 Å². The van der Waals surface area contributed by atoms with E-state index in [2.05, 4.69) is 10.2 Å². The number of hydrogen-bond donors (Lipinski definition) is 2. The van der Waals surface area contributed by atoms with E-state index in [9.17, 15) is 14.7 Å². The highest BCUT2D eigenvalue weighted by Crippen LogP contribution is 2.29. The fourth-order valence-electron chi connectivity index (χ4n) is 5.31. The zero-order valence-electron chi connectivity index (χ0n) is 18.2. The fourth-order valence-corrected chi connectivity index (χ4v) is 5.44. The second-order valence-corrected chi connectivity index (χ2v) is 9.86. The van der Waals surface area contributed by atoms with E-state index in [0.29, 0.717) is 43.3 Å². The third-order valence-corrected chi connectivity index (χ3v) is 7.33. The Labute approximate surface area is 189 Å². The lowest BCUT2D eigenvalue weighted by molar-refractivity contribution is -0.0770. The van der Waals surface area contributed by atoms with Gasteiger partial charge in [-0.1, -0.05) is 30.9 Å². The maximum absolute atomic E-state index is 13.2. The van der Waals surface area contributed by atoms with E-state index in [0.717, 1.165) is 12.8 Å². The zero-order valence-corrected chi connectivity index (χ0v) is 19.0. The third-order valence-electron chi connectivity index (χ3n) is 7.08. The summed E-state index contributed by atoms with van der Waals surface area (Å²) in [6, 6.07) is 7.17. The van der Waals surface area contributed by atoms with Gasteiger partial charge in [0.2, 0.25) is 0 Å². The van der Waals surface area contributed by atoms with Crippen LogP contribution in [0.3, 0.4) is 0 Å². The Morgan fingerprint density at radius 3 is 2.45 bits per heavy atom. The average molecular weight is 449 g/mol. The van der Waals surface area contributed by atoms with Crippen molar-refractivity contribution in [3.63, 3.8) is 0 Å². The van der Waals surface area contributed by atoms with Crippen LogP contribution in [0.5, 0.6) is 0 Å². The average Bonchev–Trinajstić information content (AvgIpc) is 2.79. The van der Waals surface area contributed by atoms with Gasteiger partial charge in [0.25, 0.3) is 5.91 Å².